The Bertz CT molecular complexity index is 660. The molecule has 1 aliphatic heterocycles. The van der Waals surface area contributed by atoms with Gasteiger partial charge >= 0.3 is 5.97 Å². The molecule has 0 radical (unpaired) electrons. The first-order valence-electron chi connectivity index (χ1n) is 7.93. The Labute approximate surface area is 147 Å². The summed E-state index contributed by atoms with van der Waals surface area (Å²) in [5.41, 5.74) is 1.96. The van der Waals surface area contributed by atoms with E-state index in [9.17, 15) is 9.90 Å². The normalized spacial score (nSPS) is 17.8. The quantitative estimate of drug-likeness (QED) is 0.748. The third-order valence-electron chi connectivity index (χ3n) is 4.30. The lowest BCUT2D eigenvalue weighted by Gasteiger charge is -2.19. The van der Waals surface area contributed by atoms with E-state index >= 15 is 0 Å². The summed E-state index contributed by atoms with van der Waals surface area (Å²) in [5, 5.41) is 16.0. The molecule has 2 atom stereocenters. The van der Waals surface area contributed by atoms with Crippen LogP contribution in [0.3, 0.4) is 0 Å². The highest BCUT2D eigenvalue weighted by Crippen LogP contribution is 2.25. The molecule has 5 nitrogen and oxygen atoms in total. The molecule has 0 spiro atoms. The molecule has 1 saturated heterocycles. The lowest BCUT2D eigenvalue weighted by molar-refractivity contribution is -0.143. The van der Waals surface area contributed by atoms with Gasteiger partial charge < -0.3 is 15.7 Å². The van der Waals surface area contributed by atoms with Crippen LogP contribution >= 0.6 is 12.4 Å². The van der Waals surface area contributed by atoms with E-state index in [1.165, 1.54) is 0 Å². The van der Waals surface area contributed by atoms with Gasteiger partial charge in [0.1, 0.15) is 5.82 Å². The van der Waals surface area contributed by atoms with Crippen molar-refractivity contribution in [3.8, 4) is 0 Å². The fourth-order valence-electron chi connectivity index (χ4n) is 3.09. The number of anilines is 2. The van der Waals surface area contributed by atoms with Gasteiger partial charge in [-0.05, 0) is 61.7 Å². The maximum absolute atomic E-state index is 11.6. The minimum Gasteiger partial charge on any atom is -0.481 e. The number of nitrogens with zero attached hydrogens (tertiary/aromatic N) is 1. The van der Waals surface area contributed by atoms with Gasteiger partial charge in [-0.3, -0.25) is 4.79 Å². The van der Waals surface area contributed by atoms with E-state index in [2.05, 4.69) is 15.6 Å². The first-order valence-corrected chi connectivity index (χ1v) is 7.93. The number of carboxylic acids is 1. The maximum Gasteiger partial charge on any atom is 0.307 e. The number of hydrogen-bond donors (Lipinski definition) is 3. The second-order valence-electron chi connectivity index (χ2n) is 5.94. The number of halogens is 1. The molecule has 3 N–H and O–H groups in total. The average molecular weight is 348 g/mol. The topological polar surface area (TPSA) is 74.2 Å². The van der Waals surface area contributed by atoms with Crippen LogP contribution < -0.4 is 10.6 Å². The standard InChI is InChI=1S/C18H21N3O2.ClH/c22-18(23)16(14-7-9-19-12-14)11-13-4-3-5-15(10-13)21-17-6-1-2-8-20-17;/h1-6,8,10,14,16,19H,7,9,11-12H2,(H,20,21)(H,22,23);1H/t14-,16-;/m0./s1. The summed E-state index contributed by atoms with van der Waals surface area (Å²) < 4.78 is 0. The maximum atomic E-state index is 11.6. The van der Waals surface area contributed by atoms with E-state index < -0.39 is 5.97 Å². The molecule has 6 heteroatoms. The fourth-order valence-corrected chi connectivity index (χ4v) is 3.09. The Hall–Kier alpha value is -2.11. The van der Waals surface area contributed by atoms with E-state index in [4.69, 9.17) is 0 Å². The number of pyridine rings is 1. The molecule has 3 rings (SSSR count). The summed E-state index contributed by atoms with van der Waals surface area (Å²) >= 11 is 0. The van der Waals surface area contributed by atoms with E-state index in [1.807, 2.05) is 42.5 Å². The van der Waals surface area contributed by atoms with Crippen molar-refractivity contribution in [3.05, 3.63) is 54.2 Å². The molecule has 128 valence electrons. The predicted molar refractivity (Wildman–Crippen MR) is 97.0 cm³/mol. The van der Waals surface area contributed by atoms with Gasteiger partial charge in [0, 0.05) is 11.9 Å². The molecule has 0 saturated carbocycles. The number of hydrogen-bond acceptors (Lipinski definition) is 4. The summed E-state index contributed by atoms with van der Waals surface area (Å²) in [6.45, 7) is 1.71. The average Bonchev–Trinajstić information content (AvgIpc) is 3.08. The van der Waals surface area contributed by atoms with Crippen molar-refractivity contribution in [1.29, 1.82) is 0 Å². The second-order valence-corrected chi connectivity index (χ2v) is 5.94. The lowest BCUT2D eigenvalue weighted by Crippen LogP contribution is -2.27. The van der Waals surface area contributed by atoms with Crippen molar-refractivity contribution in [1.82, 2.24) is 10.3 Å². The van der Waals surface area contributed by atoms with Gasteiger partial charge in [-0.2, -0.15) is 0 Å². The predicted octanol–water partition coefficient (Wildman–Crippen LogP) is 3.10. The van der Waals surface area contributed by atoms with E-state index in [0.717, 1.165) is 36.6 Å². The van der Waals surface area contributed by atoms with Crippen LogP contribution in [0.15, 0.2) is 48.7 Å². The summed E-state index contributed by atoms with van der Waals surface area (Å²) in [5.74, 6) is -0.0591. The Morgan fingerprint density at radius 1 is 1.33 bits per heavy atom. The van der Waals surface area contributed by atoms with Crippen LogP contribution in [0, 0.1) is 11.8 Å². The minimum absolute atomic E-state index is 0. The Morgan fingerprint density at radius 2 is 2.21 bits per heavy atom. The SMILES string of the molecule is Cl.O=C(O)[C@@H](Cc1cccc(Nc2ccccn2)c1)[C@H]1CCNC1. The number of carboxylic acid groups (broad SMARTS) is 1. The van der Waals surface area contributed by atoms with Crippen molar-refractivity contribution in [3.63, 3.8) is 0 Å². The van der Waals surface area contributed by atoms with E-state index in [0.29, 0.717) is 6.42 Å². The van der Waals surface area contributed by atoms with E-state index in [1.54, 1.807) is 6.20 Å². The Morgan fingerprint density at radius 3 is 2.88 bits per heavy atom. The molecule has 0 unspecified atom stereocenters. The third-order valence-corrected chi connectivity index (χ3v) is 4.30. The van der Waals surface area contributed by atoms with Gasteiger partial charge in [0.15, 0.2) is 0 Å². The van der Waals surface area contributed by atoms with Crippen LogP contribution in [-0.2, 0) is 11.2 Å². The molecule has 0 aliphatic carbocycles. The molecule has 0 amide bonds. The fraction of sp³-hybridized carbons (Fsp3) is 0.333. The molecular formula is C18H22ClN3O2. The molecule has 2 aromatic rings. The van der Waals surface area contributed by atoms with Crippen LogP contribution in [0.25, 0.3) is 0 Å². The van der Waals surface area contributed by atoms with Gasteiger partial charge in [-0.15, -0.1) is 12.4 Å². The van der Waals surface area contributed by atoms with Crippen molar-refractivity contribution in [2.24, 2.45) is 11.8 Å². The molecular weight excluding hydrogens is 326 g/mol. The highest BCUT2D eigenvalue weighted by Gasteiger charge is 2.30. The van der Waals surface area contributed by atoms with Crippen LogP contribution in [0.2, 0.25) is 0 Å². The van der Waals surface area contributed by atoms with Crippen LogP contribution in [0.4, 0.5) is 11.5 Å². The molecule has 2 heterocycles. The molecule has 0 bridgehead atoms. The van der Waals surface area contributed by atoms with Gasteiger partial charge in [0.25, 0.3) is 0 Å². The zero-order chi connectivity index (χ0) is 16.1. The lowest BCUT2D eigenvalue weighted by atomic mass is 9.86. The number of carbonyl (C=O) groups is 1. The van der Waals surface area contributed by atoms with Crippen molar-refractivity contribution in [2.45, 2.75) is 12.8 Å². The Kier molecular flexibility index (Phi) is 6.58. The number of aliphatic carboxylic acids is 1. The summed E-state index contributed by atoms with van der Waals surface area (Å²) in [6, 6.07) is 13.6. The van der Waals surface area contributed by atoms with Crippen molar-refractivity contribution < 1.29 is 9.90 Å². The summed E-state index contributed by atoms with van der Waals surface area (Å²) in [7, 11) is 0. The molecule has 1 fully saturated rings. The Balaban J connectivity index is 0.00000208. The second kappa shape index (κ2) is 8.66. The smallest absolute Gasteiger partial charge is 0.307 e. The van der Waals surface area contributed by atoms with Crippen molar-refractivity contribution in [2.75, 3.05) is 18.4 Å². The summed E-state index contributed by atoms with van der Waals surface area (Å²) in [4.78, 5) is 15.9. The summed E-state index contributed by atoms with van der Waals surface area (Å²) in [6.07, 6.45) is 3.22. The first-order chi connectivity index (χ1) is 11.2. The molecule has 1 aromatic carbocycles. The highest BCUT2D eigenvalue weighted by atomic mass is 35.5. The number of aromatic nitrogens is 1. The zero-order valence-electron chi connectivity index (χ0n) is 13.3. The van der Waals surface area contributed by atoms with Crippen LogP contribution in [-0.4, -0.2) is 29.1 Å². The number of nitrogens with one attached hydrogen (secondary N) is 2. The van der Waals surface area contributed by atoms with Gasteiger partial charge in [0.2, 0.25) is 0 Å². The minimum atomic E-state index is -0.707. The van der Waals surface area contributed by atoms with Gasteiger partial charge in [-0.1, -0.05) is 18.2 Å². The first kappa shape index (κ1) is 18.2. The number of benzene rings is 1. The van der Waals surface area contributed by atoms with Crippen LogP contribution in [0.1, 0.15) is 12.0 Å². The molecule has 1 aromatic heterocycles. The third kappa shape index (κ3) is 4.69. The van der Waals surface area contributed by atoms with Gasteiger partial charge in [0.05, 0.1) is 5.92 Å². The highest BCUT2D eigenvalue weighted by molar-refractivity contribution is 5.85. The molecule has 24 heavy (non-hydrogen) atoms. The van der Waals surface area contributed by atoms with Crippen molar-refractivity contribution >= 4 is 29.9 Å². The monoisotopic (exact) mass is 347 g/mol. The van der Waals surface area contributed by atoms with E-state index in [-0.39, 0.29) is 24.2 Å². The largest absolute Gasteiger partial charge is 0.481 e. The number of rotatable bonds is 6. The molecule has 1 aliphatic rings. The van der Waals surface area contributed by atoms with Crippen LogP contribution in [0.5, 0.6) is 0 Å². The zero-order valence-corrected chi connectivity index (χ0v) is 14.1. The van der Waals surface area contributed by atoms with Gasteiger partial charge in [-0.25, -0.2) is 4.98 Å².